The third-order valence-electron chi connectivity index (χ3n) is 3.28. The molecule has 1 aromatic rings. The van der Waals surface area contributed by atoms with Gasteiger partial charge in [-0.1, -0.05) is 18.2 Å². The van der Waals surface area contributed by atoms with Gasteiger partial charge in [0, 0.05) is 12.7 Å². The molecule has 10 heteroatoms. The lowest BCUT2D eigenvalue weighted by Gasteiger charge is -2.29. The highest BCUT2D eigenvalue weighted by Gasteiger charge is 2.49. The summed E-state index contributed by atoms with van der Waals surface area (Å²) < 4.78 is 76.2. The molecule has 24 heavy (non-hydrogen) atoms. The number of halogens is 6. The van der Waals surface area contributed by atoms with E-state index in [1.807, 2.05) is 0 Å². The number of carbonyl (C=O) groups is 1. The molecule has 0 amide bonds. The Labute approximate surface area is 131 Å². The highest BCUT2D eigenvalue weighted by Crippen LogP contribution is 2.34. The molecule has 0 fully saturated rings. The second kappa shape index (κ2) is 5.84. The molecule has 2 rings (SSSR count). The number of aliphatic imine (C=N–C) groups is 1. The van der Waals surface area contributed by atoms with Gasteiger partial charge in [0.15, 0.2) is 0 Å². The summed E-state index contributed by atoms with van der Waals surface area (Å²) in [6.45, 7) is -0.227. The van der Waals surface area contributed by atoms with Crippen LogP contribution in [0.25, 0.3) is 0 Å². The summed E-state index contributed by atoms with van der Waals surface area (Å²) in [5.74, 6) is -6.34. The van der Waals surface area contributed by atoms with Crippen LogP contribution in [0.15, 0.2) is 40.6 Å². The van der Waals surface area contributed by atoms with E-state index in [1.165, 1.54) is 12.1 Å². The largest absolute Gasteiger partial charge is 0.504 e. The predicted octanol–water partition coefficient (Wildman–Crippen LogP) is 3.54. The minimum Gasteiger partial charge on any atom is -0.504 e. The van der Waals surface area contributed by atoms with E-state index < -0.39 is 35.3 Å². The number of hydrogen-bond acceptors (Lipinski definition) is 4. The molecule has 130 valence electrons. The molecule has 0 atom stereocenters. The number of aliphatic hydroxyl groups excluding tert-OH is 1. The Hall–Kier alpha value is -2.52. The van der Waals surface area contributed by atoms with Crippen molar-refractivity contribution in [2.75, 3.05) is 11.9 Å². The minimum atomic E-state index is -5.60. The lowest BCUT2D eigenvalue weighted by Crippen LogP contribution is -2.40. The number of Topliss-reactive ketones (excluding diaryl/α,β-unsaturated/α-hetero) is 1. The van der Waals surface area contributed by atoms with Crippen LogP contribution < -0.4 is 4.90 Å². The normalized spacial score (nSPS) is 16.3. The highest BCUT2D eigenvalue weighted by atomic mass is 19.4. The maximum absolute atomic E-state index is 12.7. The third kappa shape index (κ3) is 3.22. The summed E-state index contributed by atoms with van der Waals surface area (Å²) in [7, 11) is 1.16. The number of nitrogens with zero attached hydrogens (tertiary/aromatic N) is 2. The van der Waals surface area contributed by atoms with Gasteiger partial charge in [-0.15, -0.1) is 0 Å². The van der Waals surface area contributed by atoms with Gasteiger partial charge < -0.3 is 10.0 Å². The van der Waals surface area contributed by atoms with Gasteiger partial charge in [0.1, 0.15) is 11.4 Å². The summed E-state index contributed by atoms with van der Waals surface area (Å²) in [5.41, 5.74) is -1.09. The van der Waals surface area contributed by atoms with Gasteiger partial charge in [0.25, 0.3) is 5.78 Å². The molecule has 0 aromatic heterocycles. The first kappa shape index (κ1) is 17.8. The maximum Gasteiger partial charge on any atom is 0.455 e. The summed E-state index contributed by atoms with van der Waals surface area (Å²) in [5, 5.41) is 9.22. The van der Waals surface area contributed by atoms with Crippen LogP contribution in [-0.2, 0) is 11.3 Å². The Morgan fingerprint density at radius 1 is 1.12 bits per heavy atom. The van der Waals surface area contributed by atoms with Crippen molar-refractivity contribution in [2.45, 2.75) is 18.9 Å². The Morgan fingerprint density at radius 2 is 1.71 bits per heavy atom. The number of allylic oxidation sites excluding steroid dienone is 1. The van der Waals surface area contributed by atoms with Crippen molar-refractivity contribution in [3.8, 4) is 0 Å². The van der Waals surface area contributed by atoms with Crippen LogP contribution in [0.5, 0.6) is 0 Å². The first-order chi connectivity index (χ1) is 10.9. The van der Waals surface area contributed by atoms with Crippen molar-refractivity contribution in [3.05, 3.63) is 41.2 Å². The highest BCUT2D eigenvalue weighted by molar-refractivity contribution is 6.28. The minimum absolute atomic E-state index is 0.227. The Kier molecular flexibility index (Phi) is 4.34. The number of anilines is 1. The van der Waals surface area contributed by atoms with E-state index in [2.05, 4.69) is 4.99 Å². The first-order valence-electron chi connectivity index (χ1n) is 6.43. The van der Waals surface area contributed by atoms with E-state index in [0.29, 0.717) is 5.56 Å². The standard InChI is InChI=1S/C14H10F6N2O2/c1-22-8-5-3-2-4-7(8)6-21-12(22)9(10(23)13(15,16)17)11(24)14(18,19)20/h2-5,23H,6H2,1H3/b10-9-. The van der Waals surface area contributed by atoms with Crippen molar-refractivity contribution in [3.63, 3.8) is 0 Å². The third-order valence-corrected chi connectivity index (χ3v) is 3.28. The molecule has 1 heterocycles. The van der Waals surface area contributed by atoms with Gasteiger partial charge in [-0.05, 0) is 11.6 Å². The molecule has 0 spiro atoms. The SMILES string of the molecule is CN1C(/C(C(=O)C(F)(F)F)=C(\O)C(F)(F)F)=NCc2ccccc21. The van der Waals surface area contributed by atoms with Crippen LogP contribution in [0.4, 0.5) is 32.0 Å². The summed E-state index contributed by atoms with van der Waals surface area (Å²) in [6.07, 6.45) is -11.1. The molecule has 0 bridgehead atoms. The number of aliphatic hydroxyl groups is 1. The van der Waals surface area contributed by atoms with E-state index in [9.17, 15) is 36.2 Å². The Bertz CT molecular complexity index is 734. The number of alkyl halides is 6. The molecule has 4 nitrogen and oxygen atoms in total. The average molecular weight is 352 g/mol. The zero-order valence-electron chi connectivity index (χ0n) is 12.0. The smallest absolute Gasteiger partial charge is 0.455 e. The monoisotopic (exact) mass is 352 g/mol. The number of para-hydroxylation sites is 1. The maximum atomic E-state index is 12.7. The van der Waals surface area contributed by atoms with Crippen molar-refractivity contribution in [1.82, 2.24) is 0 Å². The van der Waals surface area contributed by atoms with Crippen molar-refractivity contribution < 1.29 is 36.2 Å². The lowest BCUT2D eigenvalue weighted by molar-refractivity contribution is -0.167. The van der Waals surface area contributed by atoms with Crippen LogP contribution in [0.2, 0.25) is 0 Å². The van der Waals surface area contributed by atoms with Gasteiger partial charge in [0.05, 0.1) is 6.54 Å². The Morgan fingerprint density at radius 3 is 2.25 bits per heavy atom. The summed E-state index contributed by atoms with van der Waals surface area (Å²) >= 11 is 0. The first-order valence-corrected chi connectivity index (χ1v) is 6.43. The zero-order valence-corrected chi connectivity index (χ0v) is 12.0. The zero-order chi connectivity index (χ0) is 18.3. The number of hydrogen-bond donors (Lipinski definition) is 1. The molecular formula is C14H10F6N2O2. The number of fused-ring (bicyclic) bond motifs is 1. The topological polar surface area (TPSA) is 52.9 Å². The van der Waals surface area contributed by atoms with Gasteiger partial charge in [-0.25, -0.2) is 0 Å². The fourth-order valence-corrected chi connectivity index (χ4v) is 2.20. The van der Waals surface area contributed by atoms with E-state index >= 15 is 0 Å². The molecule has 1 aromatic carbocycles. The van der Waals surface area contributed by atoms with Crippen LogP contribution in [0, 0.1) is 0 Å². The molecule has 1 aliphatic heterocycles. The Balaban J connectivity index is 2.63. The number of rotatable bonds is 2. The fourth-order valence-electron chi connectivity index (χ4n) is 2.20. The van der Waals surface area contributed by atoms with Gasteiger partial charge in [-0.2, -0.15) is 26.3 Å². The van der Waals surface area contributed by atoms with E-state index in [1.54, 1.807) is 12.1 Å². The second-order valence-corrected chi connectivity index (χ2v) is 4.88. The summed E-state index contributed by atoms with van der Waals surface area (Å²) in [6, 6.07) is 6.18. The molecule has 0 saturated carbocycles. The van der Waals surface area contributed by atoms with Crippen LogP contribution in [0.3, 0.4) is 0 Å². The molecule has 0 radical (unpaired) electrons. The van der Waals surface area contributed by atoms with E-state index in [4.69, 9.17) is 0 Å². The van der Waals surface area contributed by atoms with Crippen LogP contribution in [0.1, 0.15) is 5.56 Å². The van der Waals surface area contributed by atoms with Crippen molar-refractivity contribution >= 4 is 17.3 Å². The van der Waals surface area contributed by atoms with Crippen LogP contribution in [-0.4, -0.2) is 36.1 Å². The predicted molar refractivity (Wildman–Crippen MR) is 72.8 cm³/mol. The molecule has 0 unspecified atom stereocenters. The van der Waals surface area contributed by atoms with Crippen molar-refractivity contribution in [1.29, 1.82) is 0 Å². The van der Waals surface area contributed by atoms with Crippen molar-refractivity contribution in [2.24, 2.45) is 4.99 Å². The molecule has 0 saturated heterocycles. The number of ketones is 1. The number of amidine groups is 1. The molecule has 1 N–H and O–H groups in total. The number of likely N-dealkylation sites (N-methyl/N-ethyl adjacent to an activating group) is 1. The quantitative estimate of drug-likeness (QED) is 0.503. The van der Waals surface area contributed by atoms with Crippen LogP contribution >= 0.6 is 0 Å². The van der Waals surface area contributed by atoms with Gasteiger partial charge in [0.2, 0.25) is 5.76 Å². The molecule has 1 aliphatic rings. The molecular weight excluding hydrogens is 342 g/mol. The summed E-state index contributed by atoms with van der Waals surface area (Å²) in [4.78, 5) is 16.0. The van der Waals surface area contributed by atoms with Gasteiger partial charge >= 0.3 is 12.4 Å². The number of benzene rings is 1. The molecule has 0 aliphatic carbocycles. The van der Waals surface area contributed by atoms with E-state index in [-0.39, 0.29) is 12.2 Å². The lowest BCUT2D eigenvalue weighted by atomic mass is 10.0. The fraction of sp³-hybridized carbons (Fsp3) is 0.286. The average Bonchev–Trinajstić information content (AvgIpc) is 2.48. The van der Waals surface area contributed by atoms with E-state index in [0.717, 1.165) is 11.9 Å². The second-order valence-electron chi connectivity index (χ2n) is 4.88. The number of carbonyl (C=O) groups excluding carboxylic acids is 1. The van der Waals surface area contributed by atoms with Gasteiger partial charge in [-0.3, -0.25) is 9.79 Å².